The first-order valence-corrected chi connectivity index (χ1v) is 4.11. The molecule has 0 spiro atoms. The molecule has 2 aliphatic rings. The van der Waals surface area contributed by atoms with E-state index in [0.717, 1.165) is 17.9 Å². The van der Waals surface area contributed by atoms with Crippen LogP contribution in [0.15, 0.2) is 0 Å². The van der Waals surface area contributed by atoms with Gasteiger partial charge in [-0.3, -0.25) is 0 Å². The predicted molar refractivity (Wildman–Crippen MR) is 38.3 cm³/mol. The van der Waals surface area contributed by atoms with Crippen LogP contribution in [0.2, 0.25) is 0 Å². The zero-order valence-electron chi connectivity index (χ0n) is 6.06. The Bertz CT molecular complexity index is 111. The van der Waals surface area contributed by atoms with Gasteiger partial charge in [-0.15, -0.1) is 0 Å². The zero-order chi connectivity index (χ0) is 6.27. The predicted octanol–water partition coefficient (Wildman–Crippen LogP) is 1.39. The molecule has 1 saturated heterocycles. The minimum atomic E-state index is 0.894. The summed E-state index contributed by atoms with van der Waals surface area (Å²) in [7, 11) is 0. The van der Waals surface area contributed by atoms with Gasteiger partial charge in [-0.2, -0.15) is 0 Å². The zero-order valence-corrected chi connectivity index (χ0v) is 6.06. The maximum Gasteiger partial charge on any atom is 0.0121 e. The van der Waals surface area contributed by atoms with Crippen LogP contribution in [0.4, 0.5) is 0 Å². The second-order valence-corrected chi connectivity index (χ2v) is 3.58. The standard InChI is InChI=1S/C8H15N/c1-6-2-3-7-4-5-9-8(6)7/h6-9H,2-5H2,1H3. The molecule has 1 nitrogen and oxygen atoms in total. The molecule has 2 rings (SSSR count). The van der Waals surface area contributed by atoms with E-state index < -0.39 is 0 Å². The van der Waals surface area contributed by atoms with Gasteiger partial charge >= 0.3 is 0 Å². The van der Waals surface area contributed by atoms with Gasteiger partial charge < -0.3 is 5.32 Å². The average Bonchev–Trinajstić information content (AvgIpc) is 2.35. The molecule has 0 aromatic heterocycles. The van der Waals surface area contributed by atoms with Crippen molar-refractivity contribution in [2.24, 2.45) is 11.8 Å². The Kier molecular flexibility index (Phi) is 1.26. The molecule has 1 N–H and O–H groups in total. The van der Waals surface area contributed by atoms with Crippen molar-refractivity contribution in [2.75, 3.05) is 6.54 Å². The molecule has 1 heterocycles. The number of fused-ring (bicyclic) bond motifs is 1. The summed E-state index contributed by atoms with van der Waals surface area (Å²) < 4.78 is 0. The summed E-state index contributed by atoms with van der Waals surface area (Å²) in [6.45, 7) is 3.66. The highest BCUT2D eigenvalue weighted by molar-refractivity contribution is 4.92. The second-order valence-electron chi connectivity index (χ2n) is 3.58. The lowest BCUT2D eigenvalue weighted by atomic mass is 10.0. The van der Waals surface area contributed by atoms with Crippen LogP contribution in [0, 0.1) is 11.8 Å². The number of nitrogens with one attached hydrogen (secondary N) is 1. The van der Waals surface area contributed by atoms with Crippen molar-refractivity contribution in [3.63, 3.8) is 0 Å². The van der Waals surface area contributed by atoms with Gasteiger partial charge in [0, 0.05) is 6.04 Å². The third-order valence-corrected chi connectivity index (χ3v) is 3.01. The van der Waals surface area contributed by atoms with Crippen LogP contribution in [0.5, 0.6) is 0 Å². The first-order chi connectivity index (χ1) is 4.38. The van der Waals surface area contributed by atoms with E-state index in [1.165, 1.54) is 25.8 Å². The van der Waals surface area contributed by atoms with E-state index in [1.54, 1.807) is 0 Å². The molecule has 0 radical (unpaired) electrons. The minimum absolute atomic E-state index is 0.894. The fourth-order valence-electron chi connectivity index (χ4n) is 2.43. The first-order valence-electron chi connectivity index (χ1n) is 4.11. The van der Waals surface area contributed by atoms with Gasteiger partial charge in [0.15, 0.2) is 0 Å². The van der Waals surface area contributed by atoms with Gasteiger partial charge in [-0.25, -0.2) is 0 Å². The lowest BCUT2D eigenvalue weighted by molar-refractivity contribution is 0.439. The summed E-state index contributed by atoms with van der Waals surface area (Å²) in [5.41, 5.74) is 0. The van der Waals surface area contributed by atoms with E-state index in [0.29, 0.717) is 0 Å². The van der Waals surface area contributed by atoms with Crippen molar-refractivity contribution in [2.45, 2.75) is 32.2 Å². The Hall–Kier alpha value is -0.0400. The Morgan fingerprint density at radius 2 is 2.11 bits per heavy atom. The van der Waals surface area contributed by atoms with Crippen molar-refractivity contribution in [1.82, 2.24) is 5.32 Å². The molecule has 0 bridgehead atoms. The third kappa shape index (κ3) is 0.787. The maximum atomic E-state index is 3.57. The van der Waals surface area contributed by atoms with Crippen LogP contribution in [-0.4, -0.2) is 12.6 Å². The quantitative estimate of drug-likeness (QED) is 0.516. The Morgan fingerprint density at radius 1 is 1.22 bits per heavy atom. The molecule has 2 fully saturated rings. The monoisotopic (exact) mass is 125 g/mol. The van der Waals surface area contributed by atoms with E-state index >= 15 is 0 Å². The molecule has 0 aromatic rings. The summed E-state index contributed by atoms with van der Waals surface area (Å²) in [6.07, 6.45) is 4.39. The van der Waals surface area contributed by atoms with Gasteiger partial charge in [0.1, 0.15) is 0 Å². The number of hydrogen-bond donors (Lipinski definition) is 1. The molecule has 1 aliphatic carbocycles. The van der Waals surface area contributed by atoms with Crippen molar-refractivity contribution in [1.29, 1.82) is 0 Å². The van der Waals surface area contributed by atoms with Gasteiger partial charge in [-0.05, 0) is 37.6 Å². The summed E-state index contributed by atoms with van der Waals surface area (Å²) in [4.78, 5) is 0. The van der Waals surface area contributed by atoms with Crippen LogP contribution in [0.3, 0.4) is 0 Å². The highest BCUT2D eigenvalue weighted by Crippen LogP contribution is 2.35. The molecule has 1 saturated carbocycles. The lowest BCUT2D eigenvalue weighted by Crippen LogP contribution is -2.27. The normalized spacial score (nSPS) is 49.7. The molecular weight excluding hydrogens is 110 g/mol. The summed E-state index contributed by atoms with van der Waals surface area (Å²) in [6, 6.07) is 0.894. The largest absolute Gasteiger partial charge is 0.313 e. The Labute approximate surface area is 56.8 Å². The number of rotatable bonds is 0. The van der Waals surface area contributed by atoms with Gasteiger partial charge in [0.05, 0.1) is 0 Å². The van der Waals surface area contributed by atoms with Gasteiger partial charge in [0.25, 0.3) is 0 Å². The van der Waals surface area contributed by atoms with E-state index in [2.05, 4.69) is 12.2 Å². The van der Waals surface area contributed by atoms with E-state index in [4.69, 9.17) is 0 Å². The fraction of sp³-hybridized carbons (Fsp3) is 1.00. The molecule has 9 heavy (non-hydrogen) atoms. The Balaban J connectivity index is 2.07. The summed E-state index contributed by atoms with van der Waals surface area (Å²) in [5.74, 6) is 2.00. The second kappa shape index (κ2) is 1.98. The van der Waals surface area contributed by atoms with Crippen molar-refractivity contribution >= 4 is 0 Å². The fourth-order valence-corrected chi connectivity index (χ4v) is 2.43. The molecule has 1 heteroatoms. The minimum Gasteiger partial charge on any atom is -0.313 e. The molecule has 3 unspecified atom stereocenters. The van der Waals surface area contributed by atoms with Crippen LogP contribution in [0.25, 0.3) is 0 Å². The van der Waals surface area contributed by atoms with E-state index in [1.807, 2.05) is 0 Å². The van der Waals surface area contributed by atoms with Crippen molar-refractivity contribution in [3.05, 3.63) is 0 Å². The molecule has 52 valence electrons. The highest BCUT2D eigenvalue weighted by Gasteiger charge is 2.35. The SMILES string of the molecule is CC1CCC2CCNC12. The average molecular weight is 125 g/mol. The third-order valence-electron chi connectivity index (χ3n) is 3.01. The Morgan fingerprint density at radius 3 is 2.89 bits per heavy atom. The smallest absolute Gasteiger partial charge is 0.0121 e. The summed E-state index contributed by atoms with van der Waals surface area (Å²) >= 11 is 0. The first kappa shape index (κ1) is 5.72. The highest BCUT2D eigenvalue weighted by atomic mass is 15.0. The van der Waals surface area contributed by atoms with E-state index in [-0.39, 0.29) is 0 Å². The molecule has 0 amide bonds. The van der Waals surface area contributed by atoms with Crippen molar-refractivity contribution < 1.29 is 0 Å². The maximum absolute atomic E-state index is 3.57. The van der Waals surface area contributed by atoms with E-state index in [9.17, 15) is 0 Å². The van der Waals surface area contributed by atoms with Crippen molar-refractivity contribution in [3.8, 4) is 0 Å². The number of hydrogen-bond acceptors (Lipinski definition) is 1. The van der Waals surface area contributed by atoms with Crippen LogP contribution >= 0.6 is 0 Å². The topological polar surface area (TPSA) is 12.0 Å². The van der Waals surface area contributed by atoms with Gasteiger partial charge in [0.2, 0.25) is 0 Å². The summed E-state index contributed by atoms with van der Waals surface area (Å²) in [5, 5.41) is 3.57. The van der Waals surface area contributed by atoms with Crippen LogP contribution in [0.1, 0.15) is 26.2 Å². The molecule has 0 aromatic carbocycles. The molecule has 1 aliphatic heterocycles. The lowest BCUT2D eigenvalue weighted by Gasteiger charge is -2.13. The molecular formula is C8H15N. The van der Waals surface area contributed by atoms with Gasteiger partial charge in [-0.1, -0.05) is 6.92 Å². The molecule has 3 atom stereocenters. The van der Waals surface area contributed by atoms with Crippen LogP contribution < -0.4 is 5.32 Å². The van der Waals surface area contributed by atoms with Crippen LogP contribution in [-0.2, 0) is 0 Å².